The summed E-state index contributed by atoms with van der Waals surface area (Å²) < 4.78 is 5.10. The second-order valence-corrected chi connectivity index (χ2v) is 4.86. The highest BCUT2D eigenvalue weighted by molar-refractivity contribution is 5.92. The lowest BCUT2D eigenvalue weighted by Crippen LogP contribution is -2.27. The average molecular weight is 301 g/mol. The number of nitrogens with one attached hydrogen (secondary N) is 2. The number of amides is 1. The number of hydrogen-bond acceptors (Lipinski definition) is 4. The molecule has 0 radical (unpaired) electrons. The van der Waals surface area contributed by atoms with Crippen molar-refractivity contribution < 1.29 is 9.53 Å². The predicted molar refractivity (Wildman–Crippen MR) is 83.3 cm³/mol. The van der Waals surface area contributed by atoms with E-state index < -0.39 is 0 Å². The van der Waals surface area contributed by atoms with Gasteiger partial charge >= 0.3 is 0 Å². The number of methoxy groups -OCH3 is 1. The van der Waals surface area contributed by atoms with Crippen molar-refractivity contribution in [2.75, 3.05) is 13.7 Å². The van der Waals surface area contributed by atoms with Crippen LogP contribution in [0.4, 0.5) is 0 Å². The quantitative estimate of drug-likeness (QED) is 0.847. The molecule has 0 aliphatic carbocycles. The summed E-state index contributed by atoms with van der Waals surface area (Å²) in [7, 11) is 1.60. The topological polar surface area (TPSA) is 84.1 Å². The maximum Gasteiger partial charge on any atom is 0.270 e. The zero-order valence-electron chi connectivity index (χ0n) is 12.7. The van der Waals surface area contributed by atoms with Gasteiger partial charge in [-0.2, -0.15) is 0 Å². The molecule has 1 aromatic carbocycles. The van der Waals surface area contributed by atoms with E-state index in [0.717, 1.165) is 17.7 Å². The molecular weight excluding hydrogens is 282 g/mol. The number of carbonyl (C=O) groups excluding carboxylic acids is 1. The van der Waals surface area contributed by atoms with Crippen LogP contribution in [0.15, 0.2) is 35.1 Å². The maximum atomic E-state index is 11.9. The Labute approximate surface area is 128 Å². The first kappa shape index (κ1) is 15.8. The lowest BCUT2D eigenvalue weighted by molar-refractivity contribution is 0.0948. The minimum atomic E-state index is -0.333. The van der Waals surface area contributed by atoms with Gasteiger partial charge in [-0.25, -0.2) is 4.98 Å². The minimum Gasteiger partial charge on any atom is -0.497 e. The van der Waals surface area contributed by atoms with Crippen LogP contribution in [-0.2, 0) is 6.42 Å². The van der Waals surface area contributed by atoms with Crippen LogP contribution in [0.2, 0.25) is 0 Å². The van der Waals surface area contributed by atoms with Crippen LogP contribution in [0.25, 0.3) is 0 Å². The molecule has 2 aromatic rings. The SMILES string of the molecule is CCCNC(=O)c1cc(=O)[nH]c(Cc2ccc(OC)cc2)n1. The third-order valence-corrected chi connectivity index (χ3v) is 3.09. The largest absolute Gasteiger partial charge is 0.497 e. The molecule has 0 atom stereocenters. The van der Waals surface area contributed by atoms with Crippen molar-refractivity contribution in [2.24, 2.45) is 0 Å². The Balaban J connectivity index is 2.18. The van der Waals surface area contributed by atoms with Gasteiger partial charge in [0.15, 0.2) is 0 Å². The highest BCUT2D eigenvalue weighted by atomic mass is 16.5. The molecule has 0 fully saturated rings. The molecule has 6 nitrogen and oxygen atoms in total. The van der Waals surface area contributed by atoms with Gasteiger partial charge < -0.3 is 15.0 Å². The summed E-state index contributed by atoms with van der Waals surface area (Å²) >= 11 is 0. The van der Waals surface area contributed by atoms with Crippen LogP contribution in [-0.4, -0.2) is 29.5 Å². The number of carbonyl (C=O) groups is 1. The number of hydrogen-bond donors (Lipinski definition) is 2. The van der Waals surface area contributed by atoms with E-state index >= 15 is 0 Å². The van der Waals surface area contributed by atoms with E-state index in [1.807, 2.05) is 31.2 Å². The summed E-state index contributed by atoms with van der Waals surface area (Å²) in [5.74, 6) is 0.890. The molecule has 1 amide bonds. The zero-order chi connectivity index (χ0) is 15.9. The van der Waals surface area contributed by atoms with Crippen LogP contribution < -0.4 is 15.6 Å². The normalized spacial score (nSPS) is 10.3. The number of H-pyrrole nitrogens is 1. The van der Waals surface area contributed by atoms with Crippen molar-refractivity contribution in [3.8, 4) is 5.75 Å². The van der Waals surface area contributed by atoms with Crippen LogP contribution >= 0.6 is 0 Å². The van der Waals surface area contributed by atoms with Gasteiger partial charge in [0.2, 0.25) is 0 Å². The molecule has 0 saturated carbocycles. The summed E-state index contributed by atoms with van der Waals surface area (Å²) in [6, 6.07) is 8.67. The van der Waals surface area contributed by atoms with Gasteiger partial charge in [0, 0.05) is 19.0 Å². The summed E-state index contributed by atoms with van der Waals surface area (Å²) in [5.41, 5.74) is 0.774. The molecule has 2 rings (SSSR count). The van der Waals surface area contributed by atoms with Crippen LogP contribution in [0.1, 0.15) is 35.2 Å². The summed E-state index contributed by atoms with van der Waals surface area (Å²) in [4.78, 5) is 30.5. The Morgan fingerprint density at radius 1 is 1.32 bits per heavy atom. The molecule has 0 saturated heterocycles. The van der Waals surface area contributed by atoms with Gasteiger partial charge in [-0.3, -0.25) is 9.59 Å². The van der Waals surface area contributed by atoms with E-state index in [9.17, 15) is 9.59 Å². The highest BCUT2D eigenvalue weighted by Gasteiger charge is 2.10. The molecule has 1 aromatic heterocycles. The number of ether oxygens (including phenoxy) is 1. The molecule has 0 aliphatic rings. The van der Waals surface area contributed by atoms with Crippen LogP contribution in [0.3, 0.4) is 0 Å². The van der Waals surface area contributed by atoms with E-state index in [1.54, 1.807) is 7.11 Å². The lowest BCUT2D eigenvalue weighted by atomic mass is 10.1. The molecule has 0 aliphatic heterocycles. The van der Waals surface area contributed by atoms with E-state index in [4.69, 9.17) is 4.74 Å². The Bertz CT molecular complexity index is 693. The van der Waals surface area contributed by atoms with Gasteiger partial charge in [-0.15, -0.1) is 0 Å². The third-order valence-electron chi connectivity index (χ3n) is 3.09. The fourth-order valence-electron chi connectivity index (χ4n) is 1.97. The molecule has 6 heteroatoms. The molecule has 22 heavy (non-hydrogen) atoms. The Morgan fingerprint density at radius 3 is 2.68 bits per heavy atom. The number of benzene rings is 1. The Kier molecular flexibility index (Phi) is 5.30. The Hall–Kier alpha value is -2.63. The summed E-state index contributed by atoms with van der Waals surface area (Å²) in [5, 5.41) is 2.71. The monoisotopic (exact) mass is 301 g/mol. The van der Waals surface area contributed by atoms with E-state index in [2.05, 4.69) is 15.3 Å². The van der Waals surface area contributed by atoms with Crippen molar-refractivity contribution in [2.45, 2.75) is 19.8 Å². The zero-order valence-corrected chi connectivity index (χ0v) is 12.7. The van der Waals surface area contributed by atoms with Crippen molar-refractivity contribution >= 4 is 5.91 Å². The second kappa shape index (κ2) is 7.40. The first-order chi connectivity index (χ1) is 10.6. The highest BCUT2D eigenvalue weighted by Crippen LogP contribution is 2.13. The lowest BCUT2D eigenvalue weighted by Gasteiger charge is -2.06. The molecule has 116 valence electrons. The first-order valence-electron chi connectivity index (χ1n) is 7.13. The fraction of sp³-hybridized carbons (Fsp3) is 0.312. The molecular formula is C16H19N3O3. The van der Waals surface area contributed by atoms with Crippen LogP contribution in [0.5, 0.6) is 5.75 Å². The van der Waals surface area contributed by atoms with Gasteiger partial charge in [0.25, 0.3) is 11.5 Å². The summed E-state index contributed by atoms with van der Waals surface area (Å²) in [6.45, 7) is 2.52. The van der Waals surface area contributed by atoms with Crippen LogP contribution in [0, 0.1) is 0 Å². The summed E-state index contributed by atoms with van der Waals surface area (Å²) in [6.07, 6.45) is 1.27. The van der Waals surface area contributed by atoms with Crippen molar-refractivity contribution in [1.82, 2.24) is 15.3 Å². The van der Waals surface area contributed by atoms with E-state index in [1.165, 1.54) is 6.07 Å². The average Bonchev–Trinajstić information content (AvgIpc) is 2.52. The van der Waals surface area contributed by atoms with E-state index in [0.29, 0.717) is 18.8 Å². The molecule has 2 N–H and O–H groups in total. The number of nitrogens with zero attached hydrogens (tertiary/aromatic N) is 1. The number of aromatic nitrogens is 2. The Morgan fingerprint density at radius 2 is 2.05 bits per heavy atom. The van der Waals surface area contributed by atoms with E-state index in [-0.39, 0.29) is 17.2 Å². The molecule has 1 heterocycles. The maximum absolute atomic E-state index is 11.9. The predicted octanol–water partition coefficient (Wildman–Crippen LogP) is 1.51. The van der Waals surface area contributed by atoms with Crippen molar-refractivity contribution in [3.05, 3.63) is 57.8 Å². The molecule has 0 bridgehead atoms. The smallest absolute Gasteiger partial charge is 0.270 e. The number of rotatable bonds is 6. The minimum absolute atomic E-state index is 0.140. The first-order valence-corrected chi connectivity index (χ1v) is 7.13. The van der Waals surface area contributed by atoms with Crippen molar-refractivity contribution in [1.29, 1.82) is 0 Å². The third kappa shape index (κ3) is 4.18. The fourth-order valence-corrected chi connectivity index (χ4v) is 1.97. The molecule has 0 unspecified atom stereocenters. The second-order valence-electron chi connectivity index (χ2n) is 4.86. The van der Waals surface area contributed by atoms with Gasteiger partial charge in [0.05, 0.1) is 7.11 Å². The van der Waals surface area contributed by atoms with Gasteiger partial charge in [0.1, 0.15) is 17.3 Å². The molecule has 0 spiro atoms. The van der Waals surface area contributed by atoms with Crippen molar-refractivity contribution in [3.63, 3.8) is 0 Å². The van der Waals surface area contributed by atoms with Gasteiger partial charge in [-0.1, -0.05) is 19.1 Å². The van der Waals surface area contributed by atoms with Gasteiger partial charge in [-0.05, 0) is 24.1 Å². The standard InChI is InChI=1S/C16H19N3O3/c1-3-8-17-16(21)13-10-15(20)19-14(18-13)9-11-4-6-12(22-2)7-5-11/h4-7,10H,3,8-9H2,1-2H3,(H,17,21)(H,18,19,20). The number of aromatic amines is 1.